The number of halogens is 1. The predicted octanol–water partition coefficient (Wildman–Crippen LogP) is 2.67. The van der Waals surface area contributed by atoms with E-state index in [1.807, 2.05) is 25.3 Å². The number of H-pyrrole nitrogens is 1. The van der Waals surface area contributed by atoms with Gasteiger partial charge < -0.3 is 10.4 Å². The number of hydrogen-bond donors (Lipinski definition) is 3. The molecule has 9 heteroatoms. The molecule has 1 aromatic carbocycles. The van der Waals surface area contributed by atoms with E-state index in [0.29, 0.717) is 22.8 Å². The highest BCUT2D eigenvalue weighted by molar-refractivity contribution is 6.32. The Labute approximate surface area is 166 Å². The van der Waals surface area contributed by atoms with Gasteiger partial charge in [-0.25, -0.2) is 0 Å². The van der Waals surface area contributed by atoms with Gasteiger partial charge in [0.1, 0.15) is 11.8 Å². The van der Waals surface area contributed by atoms with Crippen LogP contribution in [0.1, 0.15) is 41.7 Å². The van der Waals surface area contributed by atoms with Crippen molar-refractivity contribution >= 4 is 17.5 Å². The highest BCUT2D eigenvalue weighted by Crippen LogP contribution is 2.24. The minimum Gasteiger partial charge on any atom is -0.387 e. The molecule has 3 rings (SSSR count). The molecule has 2 aromatic heterocycles. The highest BCUT2D eigenvalue weighted by atomic mass is 35.5. The maximum absolute atomic E-state index is 12.3. The van der Waals surface area contributed by atoms with Crippen molar-refractivity contribution in [2.75, 3.05) is 0 Å². The van der Waals surface area contributed by atoms with Crippen LogP contribution in [-0.2, 0) is 6.54 Å². The zero-order chi connectivity index (χ0) is 20.3. The molecule has 0 fully saturated rings. The molecule has 0 bridgehead atoms. The molecule has 8 nitrogen and oxygen atoms in total. The normalized spacial score (nSPS) is 13.0. The number of amides is 1. The lowest BCUT2D eigenvalue weighted by atomic mass is 10.1. The Balaban J connectivity index is 1.63. The maximum Gasteiger partial charge on any atom is 0.272 e. The number of aromatic nitrogens is 4. The first kappa shape index (κ1) is 19.6. The first-order valence-electron chi connectivity index (χ1n) is 8.65. The maximum atomic E-state index is 12.3. The minimum absolute atomic E-state index is 0.198. The Morgan fingerprint density at radius 2 is 2.18 bits per heavy atom. The second kappa shape index (κ2) is 8.25. The second-order valence-corrected chi connectivity index (χ2v) is 6.90. The van der Waals surface area contributed by atoms with Gasteiger partial charge in [0.15, 0.2) is 0 Å². The summed E-state index contributed by atoms with van der Waals surface area (Å²) >= 11 is 6.08. The monoisotopic (exact) mass is 398 g/mol. The summed E-state index contributed by atoms with van der Waals surface area (Å²) in [4.78, 5) is 12.3. The van der Waals surface area contributed by atoms with Crippen molar-refractivity contribution in [3.8, 4) is 17.3 Å². The number of aromatic amines is 1. The van der Waals surface area contributed by atoms with E-state index in [-0.39, 0.29) is 17.6 Å². The molecule has 0 aliphatic heterocycles. The molecule has 2 heterocycles. The lowest BCUT2D eigenvalue weighted by molar-refractivity contribution is 0.0931. The molecule has 3 aromatic rings. The Morgan fingerprint density at radius 3 is 2.82 bits per heavy atom. The molecule has 0 saturated heterocycles. The van der Waals surface area contributed by atoms with E-state index in [0.717, 1.165) is 11.3 Å². The van der Waals surface area contributed by atoms with Crippen molar-refractivity contribution in [3.63, 3.8) is 0 Å². The number of hydrogen-bond acceptors (Lipinski definition) is 5. The molecule has 0 radical (unpaired) electrons. The lowest BCUT2D eigenvalue weighted by Gasteiger charge is -2.13. The quantitative estimate of drug-likeness (QED) is 0.589. The summed E-state index contributed by atoms with van der Waals surface area (Å²) in [6.07, 6.45) is 1.09. The number of benzene rings is 1. The lowest BCUT2D eigenvalue weighted by Crippen LogP contribution is -2.36. The van der Waals surface area contributed by atoms with Crippen LogP contribution in [0.4, 0.5) is 0 Å². The predicted molar refractivity (Wildman–Crippen MR) is 104 cm³/mol. The van der Waals surface area contributed by atoms with Gasteiger partial charge in [0.25, 0.3) is 5.91 Å². The fraction of sp³-hybridized carbons (Fsp3) is 0.263. The molecule has 0 spiro atoms. The summed E-state index contributed by atoms with van der Waals surface area (Å²) < 4.78 is 1.72. The zero-order valence-corrected chi connectivity index (χ0v) is 16.1. The van der Waals surface area contributed by atoms with E-state index in [9.17, 15) is 9.90 Å². The molecule has 2 atom stereocenters. The van der Waals surface area contributed by atoms with Gasteiger partial charge in [0, 0.05) is 17.8 Å². The standard InChI is InChI=1S/C19H19ClN6O2/c1-11(22-19(28)18-8-17(12(2)27)23-24-18)10-26-6-5-16(25-26)13-3-4-14(9-21)15(20)7-13/h3-8,11-12,27H,10H2,1-2H3,(H,22,28)(H,23,24)/t11?,12-/m0/s1. The SMILES string of the molecule is CC(Cn1ccc(-c2ccc(C#N)c(Cl)c2)n1)NC(=O)c1cc([C@H](C)O)[nH]n1. The van der Waals surface area contributed by atoms with E-state index in [2.05, 4.69) is 20.6 Å². The van der Waals surface area contributed by atoms with Crippen LogP contribution in [0, 0.1) is 11.3 Å². The van der Waals surface area contributed by atoms with E-state index in [4.69, 9.17) is 16.9 Å². The van der Waals surface area contributed by atoms with Gasteiger partial charge in [-0.15, -0.1) is 0 Å². The summed E-state index contributed by atoms with van der Waals surface area (Å²) in [6.45, 7) is 3.91. The summed E-state index contributed by atoms with van der Waals surface area (Å²) in [5.41, 5.74) is 2.64. The van der Waals surface area contributed by atoms with E-state index in [1.165, 1.54) is 6.07 Å². The van der Waals surface area contributed by atoms with Crippen LogP contribution in [0.2, 0.25) is 5.02 Å². The highest BCUT2D eigenvalue weighted by Gasteiger charge is 2.16. The third kappa shape index (κ3) is 4.39. The molecule has 144 valence electrons. The van der Waals surface area contributed by atoms with Crippen LogP contribution >= 0.6 is 11.6 Å². The van der Waals surface area contributed by atoms with Crippen molar-refractivity contribution in [2.24, 2.45) is 0 Å². The Kier molecular flexibility index (Phi) is 5.78. The van der Waals surface area contributed by atoms with Gasteiger partial charge in [0.05, 0.1) is 34.6 Å². The third-order valence-electron chi connectivity index (χ3n) is 4.14. The van der Waals surface area contributed by atoms with Crippen molar-refractivity contribution < 1.29 is 9.90 Å². The van der Waals surface area contributed by atoms with Crippen LogP contribution < -0.4 is 5.32 Å². The number of carbonyl (C=O) groups is 1. The summed E-state index contributed by atoms with van der Waals surface area (Å²) in [5, 5.41) is 32.7. The van der Waals surface area contributed by atoms with Gasteiger partial charge in [-0.3, -0.25) is 14.6 Å². The zero-order valence-electron chi connectivity index (χ0n) is 15.3. The van der Waals surface area contributed by atoms with Crippen molar-refractivity contribution in [2.45, 2.75) is 32.5 Å². The van der Waals surface area contributed by atoms with Crippen LogP contribution in [0.15, 0.2) is 36.5 Å². The number of nitriles is 1. The molecule has 1 unspecified atom stereocenters. The summed E-state index contributed by atoms with van der Waals surface area (Å²) in [5.74, 6) is -0.332. The van der Waals surface area contributed by atoms with Crippen molar-refractivity contribution in [3.05, 3.63) is 58.5 Å². The smallest absolute Gasteiger partial charge is 0.272 e. The van der Waals surface area contributed by atoms with Gasteiger partial charge in [0.2, 0.25) is 0 Å². The van der Waals surface area contributed by atoms with Crippen LogP contribution in [0.25, 0.3) is 11.3 Å². The fourth-order valence-electron chi connectivity index (χ4n) is 2.67. The average molecular weight is 399 g/mol. The van der Waals surface area contributed by atoms with Crippen LogP contribution in [-0.4, -0.2) is 37.0 Å². The molecule has 0 saturated carbocycles. The second-order valence-electron chi connectivity index (χ2n) is 6.49. The number of aliphatic hydroxyl groups excluding tert-OH is 1. The fourth-order valence-corrected chi connectivity index (χ4v) is 2.90. The molecule has 28 heavy (non-hydrogen) atoms. The topological polar surface area (TPSA) is 120 Å². The van der Waals surface area contributed by atoms with Gasteiger partial charge in [-0.2, -0.15) is 15.5 Å². The number of rotatable bonds is 6. The first-order chi connectivity index (χ1) is 13.4. The number of nitrogens with one attached hydrogen (secondary N) is 2. The third-order valence-corrected chi connectivity index (χ3v) is 4.46. The number of aliphatic hydroxyl groups is 1. The number of carbonyl (C=O) groups excluding carboxylic acids is 1. The molecule has 3 N–H and O–H groups in total. The summed E-state index contributed by atoms with van der Waals surface area (Å²) in [7, 11) is 0. The average Bonchev–Trinajstić information content (AvgIpc) is 3.31. The summed E-state index contributed by atoms with van der Waals surface area (Å²) in [6, 6.07) is 10.3. The number of nitrogens with zero attached hydrogens (tertiary/aromatic N) is 4. The van der Waals surface area contributed by atoms with Gasteiger partial charge in [-0.05, 0) is 38.1 Å². The Hall–Kier alpha value is -3.15. The minimum atomic E-state index is -0.718. The van der Waals surface area contributed by atoms with E-state index >= 15 is 0 Å². The molecule has 0 aliphatic carbocycles. The van der Waals surface area contributed by atoms with Crippen LogP contribution in [0.3, 0.4) is 0 Å². The molecule has 0 aliphatic rings. The first-order valence-corrected chi connectivity index (χ1v) is 9.03. The van der Waals surface area contributed by atoms with Crippen LogP contribution in [0.5, 0.6) is 0 Å². The molecular formula is C19H19ClN6O2. The van der Waals surface area contributed by atoms with Gasteiger partial charge in [-0.1, -0.05) is 17.7 Å². The van der Waals surface area contributed by atoms with Gasteiger partial charge >= 0.3 is 0 Å². The van der Waals surface area contributed by atoms with E-state index < -0.39 is 6.10 Å². The Bertz CT molecular complexity index is 1030. The molecule has 1 amide bonds. The van der Waals surface area contributed by atoms with Crippen molar-refractivity contribution in [1.82, 2.24) is 25.3 Å². The largest absolute Gasteiger partial charge is 0.387 e. The Morgan fingerprint density at radius 1 is 1.39 bits per heavy atom. The molecular weight excluding hydrogens is 380 g/mol. The van der Waals surface area contributed by atoms with Crippen molar-refractivity contribution in [1.29, 1.82) is 5.26 Å². The van der Waals surface area contributed by atoms with E-state index in [1.54, 1.807) is 29.8 Å².